The number of aliphatic hydroxyl groups is 1. The molecule has 0 saturated heterocycles. The van der Waals surface area contributed by atoms with Gasteiger partial charge in [0.05, 0.1) is 10.1 Å². The van der Waals surface area contributed by atoms with Crippen molar-refractivity contribution in [3.05, 3.63) is 0 Å². The van der Waals surface area contributed by atoms with Crippen molar-refractivity contribution in [2.75, 3.05) is 6.61 Å². The van der Waals surface area contributed by atoms with Crippen molar-refractivity contribution in [1.29, 1.82) is 0 Å². The van der Waals surface area contributed by atoms with Crippen molar-refractivity contribution in [1.82, 2.24) is 0 Å². The van der Waals surface area contributed by atoms with E-state index in [0.29, 0.717) is 12.8 Å². The molecule has 4 nitrogen and oxygen atoms in total. The quantitative estimate of drug-likeness (QED) is 0.287. The molecule has 21 heavy (non-hydrogen) atoms. The SMILES string of the molecule is CCCCCCCC(CCCCCCCO)S(=O)(=O)[O-].[Na+]. The molecule has 6 heteroatoms. The Hall–Kier alpha value is 0.870. The van der Waals surface area contributed by atoms with E-state index in [4.69, 9.17) is 5.11 Å². The molecule has 0 aliphatic carbocycles. The summed E-state index contributed by atoms with van der Waals surface area (Å²) in [6.45, 7) is 2.36. The summed E-state index contributed by atoms with van der Waals surface area (Å²) >= 11 is 0. The van der Waals surface area contributed by atoms with Crippen LogP contribution in [-0.4, -0.2) is 29.9 Å². The van der Waals surface area contributed by atoms with E-state index >= 15 is 0 Å². The Labute approximate surface area is 153 Å². The minimum atomic E-state index is -4.15. The molecule has 0 aromatic rings. The van der Waals surface area contributed by atoms with Crippen molar-refractivity contribution in [2.24, 2.45) is 0 Å². The molecule has 0 aromatic carbocycles. The van der Waals surface area contributed by atoms with Gasteiger partial charge in [0.1, 0.15) is 0 Å². The van der Waals surface area contributed by atoms with Gasteiger partial charge in [0.2, 0.25) is 0 Å². The van der Waals surface area contributed by atoms with Crippen LogP contribution in [0.2, 0.25) is 0 Å². The predicted molar refractivity (Wildman–Crippen MR) is 81.6 cm³/mol. The Bertz CT molecular complexity index is 307. The topological polar surface area (TPSA) is 77.4 Å². The van der Waals surface area contributed by atoms with Crippen LogP contribution in [0, 0.1) is 0 Å². The zero-order chi connectivity index (χ0) is 15.3. The average Bonchev–Trinajstić information content (AvgIpc) is 2.38. The standard InChI is InChI=1S/C15H32O4S.Na/c1-2-3-4-6-9-12-15(20(17,18)19)13-10-7-5-8-11-14-16;/h15-16H,2-14H2,1H3,(H,17,18,19);/q;+1/p-1. The largest absolute Gasteiger partial charge is 1.00 e. The van der Waals surface area contributed by atoms with Gasteiger partial charge in [0.15, 0.2) is 0 Å². The van der Waals surface area contributed by atoms with Gasteiger partial charge in [0, 0.05) is 11.9 Å². The van der Waals surface area contributed by atoms with E-state index in [1.165, 1.54) is 6.42 Å². The summed E-state index contributed by atoms with van der Waals surface area (Å²) in [6, 6.07) is 0. The predicted octanol–water partition coefficient (Wildman–Crippen LogP) is 0.598. The Morgan fingerprint density at radius 2 is 1.29 bits per heavy atom. The molecule has 0 fully saturated rings. The molecular weight excluding hydrogens is 299 g/mol. The van der Waals surface area contributed by atoms with Crippen molar-refractivity contribution >= 4 is 10.1 Å². The molecule has 0 rings (SSSR count). The van der Waals surface area contributed by atoms with E-state index in [1.54, 1.807) is 0 Å². The van der Waals surface area contributed by atoms with Gasteiger partial charge in [-0.1, -0.05) is 64.7 Å². The molecule has 1 N–H and O–H groups in total. The summed E-state index contributed by atoms with van der Waals surface area (Å²) in [5.74, 6) is 0. The van der Waals surface area contributed by atoms with Crippen molar-refractivity contribution < 1.29 is 47.6 Å². The molecule has 0 spiro atoms. The van der Waals surface area contributed by atoms with Crippen molar-refractivity contribution in [3.63, 3.8) is 0 Å². The van der Waals surface area contributed by atoms with Crippen LogP contribution in [0.3, 0.4) is 0 Å². The third-order valence-corrected chi connectivity index (χ3v) is 5.01. The minimum absolute atomic E-state index is 0. The first kappa shape index (κ1) is 24.1. The fourth-order valence-corrected chi connectivity index (χ4v) is 3.33. The van der Waals surface area contributed by atoms with E-state index in [2.05, 4.69) is 6.92 Å². The van der Waals surface area contributed by atoms with Crippen LogP contribution in [0.4, 0.5) is 0 Å². The molecule has 122 valence electrons. The van der Waals surface area contributed by atoms with Crippen LogP contribution >= 0.6 is 0 Å². The number of unbranched alkanes of at least 4 members (excludes halogenated alkanes) is 8. The fraction of sp³-hybridized carbons (Fsp3) is 1.00. The molecule has 0 aliphatic heterocycles. The first-order valence-electron chi connectivity index (χ1n) is 8.08. The number of hydrogen-bond donors (Lipinski definition) is 1. The summed E-state index contributed by atoms with van der Waals surface area (Å²) < 4.78 is 33.7. The second-order valence-electron chi connectivity index (χ2n) is 5.60. The maximum Gasteiger partial charge on any atom is 1.00 e. The second-order valence-corrected chi connectivity index (χ2v) is 7.25. The van der Waals surface area contributed by atoms with E-state index in [-0.39, 0.29) is 36.2 Å². The maximum absolute atomic E-state index is 11.2. The van der Waals surface area contributed by atoms with Gasteiger partial charge in [-0.3, -0.25) is 0 Å². The summed E-state index contributed by atoms with van der Waals surface area (Å²) in [5, 5.41) is 7.96. The zero-order valence-electron chi connectivity index (χ0n) is 13.8. The molecule has 0 aliphatic rings. The first-order chi connectivity index (χ1) is 9.52. The second kappa shape index (κ2) is 15.8. The summed E-state index contributed by atoms with van der Waals surface area (Å²) in [7, 11) is -4.15. The third kappa shape index (κ3) is 15.5. The van der Waals surface area contributed by atoms with Gasteiger partial charge in [0.25, 0.3) is 0 Å². The molecule has 0 heterocycles. The van der Waals surface area contributed by atoms with Gasteiger partial charge in [-0.15, -0.1) is 0 Å². The van der Waals surface area contributed by atoms with Gasteiger partial charge >= 0.3 is 29.6 Å². The minimum Gasteiger partial charge on any atom is -0.748 e. The van der Waals surface area contributed by atoms with Crippen molar-refractivity contribution in [3.8, 4) is 0 Å². The van der Waals surface area contributed by atoms with E-state index in [1.807, 2.05) is 0 Å². The molecule has 0 amide bonds. The van der Waals surface area contributed by atoms with Crippen LogP contribution in [0.25, 0.3) is 0 Å². The van der Waals surface area contributed by atoms with Crippen LogP contribution in [0.5, 0.6) is 0 Å². The first-order valence-corrected chi connectivity index (χ1v) is 9.55. The Balaban J connectivity index is 0. The number of aliphatic hydroxyl groups excluding tert-OH is 1. The van der Waals surface area contributed by atoms with Crippen LogP contribution < -0.4 is 29.6 Å². The van der Waals surface area contributed by atoms with E-state index in [9.17, 15) is 13.0 Å². The monoisotopic (exact) mass is 330 g/mol. The molecule has 0 radical (unpaired) electrons. The normalized spacial score (nSPS) is 12.9. The van der Waals surface area contributed by atoms with Gasteiger partial charge < -0.3 is 9.66 Å². The summed E-state index contributed by atoms with van der Waals surface area (Å²) in [4.78, 5) is 0. The molecule has 1 unspecified atom stereocenters. The fourth-order valence-electron chi connectivity index (χ4n) is 2.42. The van der Waals surface area contributed by atoms with Crippen LogP contribution in [0.15, 0.2) is 0 Å². The molecule has 0 aromatic heterocycles. The van der Waals surface area contributed by atoms with Gasteiger partial charge in [-0.05, 0) is 19.3 Å². The van der Waals surface area contributed by atoms with Crippen LogP contribution in [0.1, 0.15) is 84.0 Å². The maximum atomic E-state index is 11.2. The Morgan fingerprint density at radius 3 is 1.71 bits per heavy atom. The average molecular weight is 330 g/mol. The summed E-state index contributed by atoms with van der Waals surface area (Å²) in [5.41, 5.74) is 0. The summed E-state index contributed by atoms with van der Waals surface area (Å²) in [6.07, 6.45) is 10.9. The molecular formula is C15H31NaO4S. The van der Waals surface area contributed by atoms with Gasteiger partial charge in [-0.25, -0.2) is 8.42 Å². The number of hydrogen-bond acceptors (Lipinski definition) is 4. The van der Waals surface area contributed by atoms with E-state index in [0.717, 1.165) is 57.8 Å². The number of rotatable bonds is 14. The Morgan fingerprint density at radius 1 is 0.857 bits per heavy atom. The van der Waals surface area contributed by atoms with Crippen molar-refractivity contribution in [2.45, 2.75) is 89.2 Å². The smallest absolute Gasteiger partial charge is 0.748 e. The van der Waals surface area contributed by atoms with Gasteiger partial charge in [-0.2, -0.15) is 0 Å². The third-order valence-electron chi connectivity index (χ3n) is 3.72. The Kier molecular flexibility index (Phi) is 18.1. The van der Waals surface area contributed by atoms with Crippen LogP contribution in [-0.2, 0) is 10.1 Å². The molecule has 0 bridgehead atoms. The molecule has 0 saturated carbocycles. The zero-order valence-corrected chi connectivity index (χ0v) is 16.7. The molecule has 1 atom stereocenters. The van der Waals surface area contributed by atoms with E-state index < -0.39 is 15.4 Å².